The Morgan fingerprint density at radius 3 is 2.79 bits per heavy atom. The van der Waals surface area contributed by atoms with E-state index in [1.165, 1.54) is 11.2 Å². The highest BCUT2D eigenvalue weighted by Gasteiger charge is 2.22. The standard InChI is InChI=1S/C24H21BrClFN4O2S/c1-31-14-28-23-20(31)13-17(22(21(23)27)29-19-9-8-15(25)12-18(19)26)24(32)30-33-10-5-11-34-16-6-3-2-4-7-16/h2-4,6-9,12-14,29H,5,10-11H2,1H3,(H,30,32). The molecule has 1 aromatic heterocycles. The minimum Gasteiger partial charge on any atom is -0.351 e. The van der Waals surface area contributed by atoms with Gasteiger partial charge in [0.25, 0.3) is 5.91 Å². The van der Waals surface area contributed by atoms with Crippen molar-refractivity contribution in [2.24, 2.45) is 7.05 Å². The monoisotopic (exact) mass is 562 g/mol. The number of aryl methyl sites for hydroxylation is 1. The lowest BCUT2D eigenvalue weighted by molar-refractivity contribution is 0.0318. The summed E-state index contributed by atoms with van der Waals surface area (Å²) < 4.78 is 17.9. The van der Waals surface area contributed by atoms with Gasteiger partial charge in [0.2, 0.25) is 0 Å². The molecule has 0 radical (unpaired) electrons. The fourth-order valence-electron chi connectivity index (χ4n) is 3.26. The molecule has 1 heterocycles. The van der Waals surface area contributed by atoms with Crippen molar-refractivity contribution in [3.63, 3.8) is 0 Å². The molecule has 4 aromatic rings. The van der Waals surface area contributed by atoms with Crippen LogP contribution in [0.2, 0.25) is 5.02 Å². The number of benzene rings is 3. The molecule has 1 amide bonds. The van der Waals surface area contributed by atoms with Gasteiger partial charge in [-0.15, -0.1) is 11.8 Å². The van der Waals surface area contributed by atoms with Crippen molar-refractivity contribution in [1.29, 1.82) is 0 Å². The number of hydrogen-bond donors (Lipinski definition) is 2. The number of carbonyl (C=O) groups excluding carboxylic acids is 1. The number of halogens is 3. The zero-order chi connectivity index (χ0) is 24.1. The first-order valence-corrected chi connectivity index (χ1v) is 12.6. The van der Waals surface area contributed by atoms with E-state index in [0.29, 0.717) is 22.8 Å². The first-order chi connectivity index (χ1) is 16.4. The topological polar surface area (TPSA) is 68.2 Å². The van der Waals surface area contributed by atoms with Crippen molar-refractivity contribution in [2.45, 2.75) is 11.3 Å². The number of anilines is 2. The molecule has 0 aliphatic rings. The molecular weight excluding hydrogens is 543 g/mol. The first kappa shape index (κ1) is 24.5. The van der Waals surface area contributed by atoms with Gasteiger partial charge in [0.05, 0.1) is 40.4 Å². The third-order valence-electron chi connectivity index (χ3n) is 4.96. The summed E-state index contributed by atoms with van der Waals surface area (Å²) in [5.41, 5.74) is 3.55. The molecule has 10 heteroatoms. The highest BCUT2D eigenvalue weighted by molar-refractivity contribution is 9.10. The smallest absolute Gasteiger partial charge is 0.277 e. The Hall–Kier alpha value is -2.59. The van der Waals surface area contributed by atoms with Gasteiger partial charge in [0, 0.05) is 22.2 Å². The second-order valence-electron chi connectivity index (χ2n) is 7.38. The van der Waals surface area contributed by atoms with Crippen LogP contribution in [0.5, 0.6) is 0 Å². The summed E-state index contributed by atoms with van der Waals surface area (Å²) >= 11 is 11.4. The highest BCUT2D eigenvalue weighted by Crippen LogP contribution is 2.34. The van der Waals surface area contributed by atoms with Crippen LogP contribution in [0.3, 0.4) is 0 Å². The van der Waals surface area contributed by atoms with Gasteiger partial charge in [-0.05, 0) is 42.8 Å². The highest BCUT2D eigenvalue weighted by atomic mass is 79.9. The maximum atomic E-state index is 15.4. The normalized spacial score (nSPS) is 11.1. The maximum Gasteiger partial charge on any atom is 0.277 e. The van der Waals surface area contributed by atoms with E-state index in [-0.39, 0.29) is 16.8 Å². The van der Waals surface area contributed by atoms with Gasteiger partial charge >= 0.3 is 0 Å². The summed E-state index contributed by atoms with van der Waals surface area (Å²) in [6.45, 7) is 0.323. The number of thioether (sulfide) groups is 1. The van der Waals surface area contributed by atoms with E-state index in [1.54, 1.807) is 47.6 Å². The second-order valence-corrected chi connectivity index (χ2v) is 9.87. The van der Waals surface area contributed by atoms with Crippen LogP contribution >= 0.6 is 39.3 Å². The van der Waals surface area contributed by atoms with E-state index in [0.717, 1.165) is 16.6 Å². The Kier molecular flexibility index (Phi) is 8.10. The molecule has 0 bridgehead atoms. The van der Waals surface area contributed by atoms with Crippen molar-refractivity contribution in [3.05, 3.63) is 81.8 Å². The van der Waals surface area contributed by atoms with Crippen molar-refractivity contribution < 1.29 is 14.0 Å². The predicted octanol–water partition coefficient (Wildman–Crippen LogP) is 6.72. The first-order valence-electron chi connectivity index (χ1n) is 10.4. The van der Waals surface area contributed by atoms with Gasteiger partial charge < -0.3 is 9.88 Å². The molecule has 2 N–H and O–H groups in total. The third kappa shape index (κ3) is 5.72. The lowest BCUT2D eigenvalue weighted by Gasteiger charge is -2.15. The van der Waals surface area contributed by atoms with E-state index in [1.807, 2.05) is 30.3 Å². The number of carbonyl (C=O) groups is 1. The number of nitrogens with one attached hydrogen (secondary N) is 2. The van der Waals surface area contributed by atoms with E-state index >= 15 is 4.39 Å². The summed E-state index contributed by atoms with van der Waals surface area (Å²) in [5, 5.41) is 3.32. The number of hydroxylamine groups is 1. The lowest BCUT2D eigenvalue weighted by atomic mass is 10.1. The Balaban J connectivity index is 1.47. The van der Waals surface area contributed by atoms with Crippen LogP contribution in [0.4, 0.5) is 15.8 Å². The fraction of sp³-hybridized carbons (Fsp3) is 0.167. The predicted molar refractivity (Wildman–Crippen MR) is 138 cm³/mol. The van der Waals surface area contributed by atoms with Crippen LogP contribution in [0.15, 0.2) is 70.3 Å². The number of aromatic nitrogens is 2. The van der Waals surface area contributed by atoms with Crippen LogP contribution in [0.1, 0.15) is 16.8 Å². The Morgan fingerprint density at radius 2 is 2.03 bits per heavy atom. The van der Waals surface area contributed by atoms with Gasteiger partial charge in [-0.1, -0.05) is 45.7 Å². The van der Waals surface area contributed by atoms with E-state index in [9.17, 15) is 4.79 Å². The molecule has 0 unspecified atom stereocenters. The SMILES string of the molecule is Cn1cnc2c(F)c(Nc3ccc(Br)cc3Cl)c(C(=O)NOCCCSc3ccccc3)cc21. The lowest BCUT2D eigenvalue weighted by Crippen LogP contribution is -2.25. The number of fused-ring (bicyclic) bond motifs is 1. The minimum atomic E-state index is -0.651. The van der Waals surface area contributed by atoms with Gasteiger partial charge in [0.1, 0.15) is 5.52 Å². The van der Waals surface area contributed by atoms with Crippen molar-refractivity contribution in [1.82, 2.24) is 15.0 Å². The van der Waals surface area contributed by atoms with Crippen LogP contribution < -0.4 is 10.8 Å². The summed E-state index contributed by atoms with van der Waals surface area (Å²) in [5.74, 6) is -0.389. The average Bonchev–Trinajstić information content (AvgIpc) is 3.20. The Morgan fingerprint density at radius 1 is 1.24 bits per heavy atom. The summed E-state index contributed by atoms with van der Waals surface area (Å²) in [6, 6.07) is 16.8. The molecule has 0 saturated carbocycles. The minimum absolute atomic E-state index is 0.0313. The van der Waals surface area contributed by atoms with Crippen LogP contribution in [0, 0.1) is 5.82 Å². The molecule has 0 aliphatic heterocycles. The molecule has 34 heavy (non-hydrogen) atoms. The van der Waals surface area contributed by atoms with Gasteiger partial charge in [-0.25, -0.2) is 14.9 Å². The molecule has 6 nitrogen and oxygen atoms in total. The molecule has 4 rings (SSSR count). The summed E-state index contributed by atoms with van der Waals surface area (Å²) in [6.07, 6.45) is 2.22. The summed E-state index contributed by atoms with van der Waals surface area (Å²) in [7, 11) is 1.73. The molecule has 0 atom stereocenters. The Labute approximate surface area is 213 Å². The zero-order valence-electron chi connectivity index (χ0n) is 18.1. The summed E-state index contributed by atoms with van der Waals surface area (Å²) in [4.78, 5) is 23.6. The number of hydrogen-bond acceptors (Lipinski definition) is 5. The van der Waals surface area contributed by atoms with Crippen LogP contribution in [0.25, 0.3) is 11.0 Å². The van der Waals surface area contributed by atoms with Crippen molar-refractivity contribution >= 4 is 67.6 Å². The van der Waals surface area contributed by atoms with Crippen molar-refractivity contribution in [3.8, 4) is 0 Å². The number of amides is 1. The molecule has 0 saturated heterocycles. The zero-order valence-corrected chi connectivity index (χ0v) is 21.3. The largest absolute Gasteiger partial charge is 0.351 e. The third-order valence-corrected chi connectivity index (χ3v) is 6.87. The number of rotatable bonds is 9. The van der Waals surface area contributed by atoms with Gasteiger partial charge in [-0.2, -0.15) is 0 Å². The van der Waals surface area contributed by atoms with E-state index in [4.69, 9.17) is 16.4 Å². The van der Waals surface area contributed by atoms with Gasteiger partial charge in [-0.3, -0.25) is 9.63 Å². The van der Waals surface area contributed by atoms with Crippen LogP contribution in [-0.4, -0.2) is 27.8 Å². The van der Waals surface area contributed by atoms with Crippen LogP contribution in [-0.2, 0) is 11.9 Å². The number of nitrogens with zero attached hydrogens (tertiary/aromatic N) is 2. The van der Waals surface area contributed by atoms with E-state index < -0.39 is 11.7 Å². The fourth-order valence-corrected chi connectivity index (χ4v) is 4.83. The second kappa shape index (κ2) is 11.2. The Bertz CT molecular complexity index is 1320. The molecule has 0 spiro atoms. The quantitative estimate of drug-likeness (QED) is 0.134. The molecule has 0 aliphatic carbocycles. The molecule has 3 aromatic carbocycles. The average molecular weight is 564 g/mol. The molecular formula is C24H21BrClFN4O2S. The number of imidazole rings is 1. The molecule has 176 valence electrons. The van der Waals surface area contributed by atoms with E-state index in [2.05, 4.69) is 31.7 Å². The van der Waals surface area contributed by atoms with Gasteiger partial charge in [0.15, 0.2) is 5.82 Å². The molecule has 0 fully saturated rings. The maximum absolute atomic E-state index is 15.4. The van der Waals surface area contributed by atoms with Crippen molar-refractivity contribution in [2.75, 3.05) is 17.7 Å².